The van der Waals surface area contributed by atoms with Gasteiger partial charge in [-0.25, -0.2) is 0 Å². The maximum absolute atomic E-state index is 13.5. The number of aryl methyl sites for hydroxylation is 1. The average molecular weight is 407 g/mol. The molecule has 30 heavy (non-hydrogen) atoms. The molecule has 0 bridgehead atoms. The third-order valence-corrected chi connectivity index (χ3v) is 5.51. The molecule has 9 heteroatoms. The third-order valence-electron chi connectivity index (χ3n) is 5.51. The number of nitriles is 1. The topological polar surface area (TPSA) is 115 Å². The summed E-state index contributed by atoms with van der Waals surface area (Å²) in [6.07, 6.45) is 1.97. The molecular formula is C21H25N7O2. The number of ether oxygens (including phenoxy) is 1. The molecule has 1 aliphatic rings. The summed E-state index contributed by atoms with van der Waals surface area (Å²) >= 11 is 0. The Morgan fingerprint density at radius 1 is 1.30 bits per heavy atom. The zero-order valence-corrected chi connectivity index (χ0v) is 17.2. The fourth-order valence-corrected chi connectivity index (χ4v) is 4.05. The first-order valence-electron chi connectivity index (χ1n) is 10.1. The van der Waals surface area contributed by atoms with Gasteiger partial charge in [0.25, 0.3) is 5.56 Å². The Morgan fingerprint density at radius 2 is 2.10 bits per heavy atom. The number of hydrogen-bond acceptors (Lipinski definition) is 7. The normalized spacial score (nSPS) is 16.6. The quantitative estimate of drug-likeness (QED) is 0.681. The van der Waals surface area contributed by atoms with Crippen LogP contribution in [0.1, 0.15) is 30.9 Å². The highest BCUT2D eigenvalue weighted by atomic mass is 16.5. The lowest BCUT2D eigenvalue weighted by Crippen LogP contribution is -2.44. The van der Waals surface area contributed by atoms with Gasteiger partial charge in [0.15, 0.2) is 11.2 Å². The smallest absolute Gasteiger partial charge is 0.301 e. The number of nitrogens with two attached hydrogens (primary N) is 1. The molecule has 3 aromatic rings. The van der Waals surface area contributed by atoms with Crippen molar-refractivity contribution in [3.63, 3.8) is 0 Å². The molecule has 9 nitrogen and oxygen atoms in total. The predicted octanol–water partition coefficient (Wildman–Crippen LogP) is 1.47. The van der Waals surface area contributed by atoms with Crippen LogP contribution in [0.15, 0.2) is 29.1 Å². The van der Waals surface area contributed by atoms with E-state index < -0.39 is 0 Å². The van der Waals surface area contributed by atoms with Gasteiger partial charge in [-0.1, -0.05) is 18.2 Å². The van der Waals surface area contributed by atoms with Crippen LogP contribution in [0.4, 0.5) is 5.95 Å². The van der Waals surface area contributed by atoms with Crippen molar-refractivity contribution < 1.29 is 4.74 Å². The van der Waals surface area contributed by atoms with Crippen LogP contribution in [0.25, 0.3) is 11.2 Å². The van der Waals surface area contributed by atoms with Gasteiger partial charge in [-0.2, -0.15) is 15.2 Å². The summed E-state index contributed by atoms with van der Waals surface area (Å²) in [7, 11) is 1.47. The summed E-state index contributed by atoms with van der Waals surface area (Å²) in [5, 5.41) is 9.40. The average Bonchev–Trinajstić information content (AvgIpc) is 3.14. The van der Waals surface area contributed by atoms with E-state index in [0.29, 0.717) is 35.8 Å². The van der Waals surface area contributed by atoms with Gasteiger partial charge in [0.2, 0.25) is 5.95 Å². The number of fused-ring (bicyclic) bond motifs is 1. The molecule has 1 aliphatic heterocycles. The number of anilines is 1. The maximum atomic E-state index is 13.5. The van der Waals surface area contributed by atoms with Gasteiger partial charge < -0.3 is 19.9 Å². The first-order valence-corrected chi connectivity index (χ1v) is 10.1. The molecule has 2 N–H and O–H groups in total. The van der Waals surface area contributed by atoms with Gasteiger partial charge in [0.1, 0.15) is 0 Å². The lowest BCUT2D eigenvalue weighted by Gasteiger charge is -2.31. The number of piperidine rings is 1. The van der Waals surface area contributed by atoms with Crippen molar-refractivity contribution in [1.82, 2.24) is 19.1 Å². The van der Waals surface area contributed by atoms with Crippen molar-refractivity contribution in [3.8, 4) is 12.1 Å². The summed E-state index contributed by atoms with van der Waals surface area (Å²) in [6, 6.07) is 9.62. The standard InChI is InChI=1S/C21H25N7O2/c1-3-27-17-18(24-20(27)26-10-6-9-16(23)13-26)25-21(30-2)28(19(17)29)12-15-8-5-4-7-14(15)11-22/h4-5,7-8,16H,3,6,9-10,12-13,23H2,1-2H3. The highest BCUT2D eigenvalue weighted by Gasteiger charge is 2.25. The molecule has 156 valence electrons. The summed E-state index contributed by atoms with van der Waals surface area (Å²) < 4.78 is 8.77. The molecule has 4 rings (SSSR count). The molecule has 2 aromatic heterocycles. The minimum absolute atomic E-state index is 0.0884. The van der Waals surface area contributed by atoms with E-state index in [1.165, 1.54) is 11.7 Å². The van der Waals surface area contributed by atoms with Crippen LogP contribution in [0.5, 0.6) is 6.01 Å². The molecule has 0 aliphatic carbocycles. The Hall–Kier alpha value is -3.38. The summed E-state index contributed by atoms with van der Waals surface area (Å²) in [6.45, 7) is 4.29. The van der Waals surface area contributed by atoms with Crippen LogP contribution in [-0.2, 0) is 13.1 Å². The van der Waals surface area contributed by atoms with Crippen molar-refractivity contribution in [2.24, 2.45) is 5.73 Å². The largest absolute Gasteiger partial charge is 0.468 e. The molecular weight excluding hydrogens is 382 g/mol. The highest BCUT2D eigenvalue weighted by molar-refractivity contribution is 5.74. The summed E-state index contributed by atoms with van der Waals surface area (Å²) in [4.78, 5) is 24.8. The van der Waals surface area contributed by atoms with Crippen LogP contribution < -0.4 is 20.9 Å². The van der Waals surface area contributed by atoms with Crippen molar-refractivity contribution in [1.29, 1.82) is 5.26 Å². The minimum atomic E-state index is -0.244. The van der Waals surface area contributed by atoms with Crippen LogP contribution in [0.3, 0.4) is 0 Å². The van der Waals surface area contributed by atoms with E-state index in [9.17, 15) is 10.1 Å². The van der Waals surface area contributed by atoms with E-state index in [0.717, 1.165) is 24.9 Å². The number of methoxy groups -OCH3 is 1. The SMILES string of the molecule is CCn1c(N2CCCC(N)C2)nc2nc(OC)n(Cc3ccccc3C#N)c(=O)c21. The lowest BCUT2D eigenvalue weighted by molar-refractivity contribution is 0.353. The number of nitrogens with zero attached hydrogens (tertiary/aromatic N) is 6. The van der Waals surface area contributed by atoms with Crippen molar-refractivity contribution in [2.45, 2.75) is 38.9 Å². The number of rotatable bonds is 5. The van der Waals surface area contributed by atoms with Crippen molar-refractivity contribution in [3.05, 3.63) is 45.7 Å². The molecule has 1 aromatic carbocycles. The van der Waals surface area contributed by atoms with Gasteiger partial charge in [-0.15, -0.1) is 0 Å². The Morgan fingerprint density at radius 3 is 2.80 bits per heavy atom. The lowest BCUT2D eigenvalue weighted by atomic mass is 10.1. The van der Waals surface area contributed by atoms with E-state index in [4.69, 9.17) is 10.5 Å². The minimum Gasteiger partial charge on any atom is -0.468 e. The number of hydrogen-bond donors (Lipinski definition) is 1. The third kappa shape index (κ3) is 3.39. The van der Waals surface area contributed by atoms with Gasteiger partial charge in [0, 0.05) is 25.7 Å². The number of benzene rings is 1. The first kappa shape index (κ1) is 19.9. The van der Waals surface area contributed by atoms with E-state index in [-0.39, 0.29) is 24.2 Å². The van der Waals surface area contributed by atoms with E-state index in [1.54, 1.807) is 12.1 Å². The zero-order valence-electron chi connectivity index (χ0n) is 17.2. The fraction of sp³-hybridized carbons (Fsp3) is 0.429. The van der Waals surface area contributed by atoms with E-state index in [2.05, 4.69) is 20.9 Å². The van der Waals surface area contributed by atoms with Gasteiger partial charge in [-0.05, 0) is 31.4 Å². The molecule has 0 radical (unpaired) electrons. The Balaban J connectivity index is 1.87. The zero-order chi connectivity index (χ0) is 21.3. The Labute approximate surface area is 174 Å². The second kappa shape index (κ2) is 8.16. The second-order valence-corrected chi connectivity index (χ2v) is 7.44. The predicted molar refractivity (Wildman–Crippen MR) is 114 cm³/mol. The molecule has 1 fully saturated rings. The molecule has 0 saturated carbocycles. The summed E-state index contributed by atoms with van der Waals surface area (Å²) in [5.74, 6) is 0.712. The fourth-order valence-electron chi connectivity index (χ4n) is 4.05. The number of aromatic nitrogens is 4. The molecule has 1 atom stereocenters. The number of imidazole rings is 1. The summed E-state index contributed by atoms with van der Waals surface area (Å²) in [5.41, 5.74) is 7.94. The van der Waals surface area contributed by atoms with Crippen LogP contribution >= 0.6 is 0 Å². The van der Waals surface area contributed by atoms with Gasteiger partial charge >= 0.3 is 6.01 Å². The van der Waals surface area contributed by atoms with Gasteiger partial charge in [0.05, 0.1) is 25.3 Å². The monoisotopic (exact) mass is 407 g/mol. The maximum Gasteiger partial charge on any atom is 0.301 e. The Bertz CT molecular complexity index is 1170. The van der Waals surface area contributed by atoms with Crippen LogP contribution in [-0.4, -0.2) is 45.3 Å². The molecule has 0 amide bonds. The van der Waals surface area contributed by atoms with E-state index in [1.807, 2.05) is 23.6 Å². The van der Waals surface area contributed by atoms with Crippen molar-refractivity contribution >= 4 is 17.1 Å². The van der Waals surface area contributed by atoms with Crippen LogP contribution in [0, 0.1) is 11.3 Å². The highest BCUT2D eigenvalue weighted by Crippen LogP contribution is 2.24. The molecule has 3 heterocycles. The van der Waals surface area contributed by atoms with Crippen LogP contribution in [0.2, 0.25) is 0 Å². The molecule has 1 saturated heterocycles. The Kier molecular flexibility index (Phi) is 5.42. The van der Waals surface area contributed by atoms with Gasteiger partial charge in [-0.3, -0.25) is 9.36 Å². The van der Waals surface area contributed by atoms with E-state index >= 15 is 0 Å². The molecule has 1 unspecified atom stereocenters. The second-order valence-electron chi connectivity index (χ2n) is 7.44. The molecule has 0 spiro atoms. The van der Waals surface area contributed by atoms with Crippen molar-refractivity contribution in [2.75, 3.05) is 25.1 Å². The first-order chi connectivity index (χ1) is 14.6.